The summed E-state index contributed by atoms with van der Waals surface area (Å²) in [7, 11) is 0. The molecule has 0 radical (unpaired) electrons. The molecule has 0 rings (SSSR count). The Morgan fingerprint density at radius 1 is 1.08 bits per heavy atom. The van der Waals surface area contributed by atoms with Crippen molar-refractivity contribution in [3.05, 3.63) is 0 Å². The summed E-state index contributed by atoms with van der Waals surface area (Å²) in [5.74, 6) is 1.49. The Bertz CT molecular complexity index is 111. The first-order valence-corrected chi connectivity index (χ1v) is 5.08. The van der Waals surface area contributed by atoms with Crippen LogP contribution in [0.5, 0.6) is 0 Å². The fourth-order valence-corrected chi connectivity index (χ4v) is 1.44. The molecule has 0 bridgehead atoms. The lowest BCUT2D eigenvalue weighted by Crippen LogP contribution is -2.28. The summed E-state index contributed by atoms with van der Waals surface area (Å²) in [6, 6.07) is 0. The molecular formula is C11H25N. The van der Waals surface area contributed by atoms with Crippen molar-refractivity contribution in [2.24, 2.45) is 23.0 Å². The van der Waals surface area contributed by atoms with Crippen LogP contribution in [-0.4, -0.2) is 6.54 Å². The topological polar surface area (TPSA) is 26.0 Å². The fraction of sp³-hybridized carbons (Fsp3) is 1.00. The van der Waals surface area contributed by atoms with E-state index < -0.39 is 0 Å². The van der Waals surface area contributed by atoms with Crippen LogP contribution in [0.1, 0.15) is 47.5 Å². The van der Waals surface area contributed by atoms with Crippen LogP contribution in [-0.2, 0) is 0 Å². The van der Waals surface area contributed by atoms with E-state index in [1.165, 1.54) is 12.8 Å². The van der Waals surface area contributed by atoms with Gasteiger partial charge in [0.25, 0.3) is 0 Å². The van der Waals surface area contributed by atoms with Crippen LogP contribution in [0.2, 0.25) is 0 Å². The number of rotatable bonds is 4. The van der Waals surface area contributed by atoms with Crippen LogP contribution in [0, 0.1) is 17.3 Å². The van der Waals surface area contributed by atoms with Crippen molar-refractivity contribution >= 4 is 0 Å². The molecule has 74 valence electrons. The van der Waals surface area contributed by atoms with E-state index in [-0.39, 0.29) is 0 Å². The average molecular weight is 171 g/mol. The summed E-state index contributed by atoms with van der Waals surface area (Å²) in [4.78, 5) is 0. The van der Waals surface area contributed by atoms with Gasteiger partial charge in [0.15, 0.2) is 0 Å². The van der Waals surface area contributed by atoms with Gasteiger partial charge in [-0.1, -0.05) is 41.0 Å². The minimum Gasteiger partial charge on any atom is -0.330 e. The number of nitrogens with two attached hydrogens (primary N) is 1. The monoisotopic (exact) mass is 171 g/mol. The zero-order valence-electron chi connectivity index (χ0n) is 9.35. The van der Waals surface area contributed by atoms with E-state index in [2.05, 4.69) is 34.6 Å². The van der Waals surface area contributed by atoms with Crippen LogP contribution in [0.3, 0.4) is 0 Å². The van der Waals surface area contributed by atoms with Gasteiger partial charge in [-0.15, -0.1) is 0 Å². The highest BCUT2D eigenvalue weighted by Gasteiger charge is 2.22. The van der Waals surface area contributed by atoms with Crippen LogP contribution in [0.4, 0.5) is 0 Å². The first kappa shape index (κ1) is 12.0. The normalized spacial score (nSPS) is 15.2. The zero-order valence-corrected chi connectivity index (χ0v) is 9.35. The Labute approximate surface area is 77.7 Å². The van der Waals surface area contributed by atoms with E-state index in [1.807, 2.05) is 0 Å². The van der Waals surface area contributed by atoms with Gasteiger partial charge in [0.1, 0.15) is 0 Å². The maximum Gasteiger partial charge on any atom is -0.00439 e. The highest BCUT2D eigenvalue weighted by atomic mass is 14.6. The fourth-order valence-electron chi connectivity index (χ4n) is 1.44. The average Bonchev–Trinajstić information content (AvgIpc) is 1.85. The van der Waals surface area contributed by atoms with Gasteiger partial charge in [-0.3, -0.25) is 0 Å². The molecule has 1 atom stereocenters. The highest BCUT2D eigenvalue weighted by molar-refractivity contribution is 4.74. The van der Waals surface area contributed by atoms with Gasteiger partial charge in [-0.2, -0.15) is 0 Å². The number of hydrogen-bond acceptors (Lipinski definition) is 1. The van der Waals surface area contributed by atoms with Gasteiger partial charge in [-0.25, -0.2) is 0 Å². The number of hydrogen-bond donors (Lipinski definition) is 1. The maximum atomic E-state index is 5.75. The second kappa shape index (κ2) is 4.86. The molecule has 0 aromatic rings. The van der Waals surface area contributed by atoms with Crippen molar-refractivity contribution < 1.29 is 0 Å². The lowest BCUT2D eigenvalue weighted by molar-refractivity contribution is 0.221. The summed E-state index contributed by atoms with van der Waals surface area (Å²) in [6.07, 6.45) is 2.58. The lowest BCUT2D eigenvalue weighted by Gasteiger charge is -2.30. The Balaban J connectivity index is 3.84. The van der Waals surface area contributed by atoms with Gasteiger partial charge in [0.05, 0.1) is 0 Å². The molecule has 2 N–H and O–H groups in total. The van der Waals surface area contributed by atoms with E-state index >= 15 is 0 Å². The molecule has 0 aromatic carbocycles. The molecule has 0 fully saturated rings. The molecule has 0 amide bonds. The van der Waals surface area contributed by atoms with Crippen LogP contribution < -0.4 is 5.73 Å². The molecule has 1 heteroatoms. The Morgan fingerprint density at radius 2 is 1.58 bits per heavy atom. The molecular weight excluding hydrogens is 146 g/mol. The molecule has 0 aliphatic rings. The quantitative estimate of drug-likeness (QED) is 0.691. The molecule has 0 spiro atoms. The minimum absolute atomic E-state index is 0.379. The van der Waals surface area contributed by atoms with Crippen LogP contribution in [0.25, 0.3) is 0 Å². The largest absolute Gasteiger partial charge is 0.330 e. The first-order chi connectivity index (χ1) is 5.38. The van der Waals surface area contributed by atoms with Crippen molar-refractivity contribution in [3.63, 3.8) is 0 Å². The Hall–Kier alpha value is -0.0400. The molecule has 0 saturated heterocycles. The molecule has 0 aromatic heterocycles. The van der Waals surface area contributed by atoms with Crippen LogP contribution in [0.15, 0.2) is 0 Å². The van der Waals surface area contributed by atoms with Crippen molar-refractivity contribution in [2.45, 2.75) is 47.5 Å². The third kappa shape index (κ3) is 4.76. The molecule has 0 saturated carbocycles. The predicted molar refractivity (Wildman–Crippen MR) is 56.1 cm³/mol. The molecule has 1 nitrogen and oxygen atoms in total. The van der Waals surface area contributed by atoms with Crippen molar-refractivity contribution in [2.75, 3.05) is 6.54 Å². The molecule has 0 heterocycles. The highest BCUT2D eigenvalue weighted by Crippen LogP contribution is 2.29. The summed E-state index contributed by atoms with van der Waals surface area (Å²) in [5, 5.41) is 0. The zero-order chi connectivity index (χ0) is 9.78. The van der Waals surface area contributed by atoms with Crippen molar-refractivity contribution in [1.29, 1.82) is 0 Å². The second-order valence-corrected chi connectivity index (χ2v) is 5.27. The van der Waals surface area contributed by atoms with Gasteiger partial charge in [0.2, 0.25) is 0 Å². The summed E-state index contributed by atoms with van der Waals surface area (Å²) in [6.45, 7) is 12.2. The van der Waals surface area contributed by atoms with Crippen molar-refractivity contribution in [3.8, 4) is 0 Å². The Kier molecular flexibility index (Phi) is 4.84. The summed E-state index contributed by atoms with van der Waals surface area (Å²) < 4.78 is 0. The Morgan fingerprint density at radius 3 is 1.83 bits per heavy atom. The lowest BCUT2D eigenvalue weighted by atomic mass is 9.77. The first-order valence-electron chi connectivity index (χ1n) is 5.08. The molecule has 12 heavy (non-hydrogen) atoms. The predicted octanol–water partition coefficient (Wildman–Crippen LogP) is 3.04. The van der Waals surface area contributed by atoms with Gasteiger partial charge in [-0.05, 0) is 30.2 Å². The third-order valence-electron chi connectivity index (χ3n) is 2.60. The van der Waals surface area contributed by atoms with Crippen molar-refractivity contribution in [1.82, 2.24) is 0 Å². The van der Waals surface area contributed by atoms with Crippen LogP contribution >= 0.6 is 0 Å². The van der Waals surface area contributed by atoms with E-state index in [0.29, 0.717) is 11.3 Å². The molecule has 1 unspecified atom stereocenters. The minimum atomic E-state index is 0.379. The van der Waals surface area contributed by atoms with E-state index in [1.54, 1.807) is 0 Å². The maximum absolute atomic E-state index is 5.75. The standard InChI is InChI=1S/C11H25N/c1-9(2)6-7-10(8-12)11(3,4)5/h9-10H,6-8,12H2,1-5H3. The van der Waals surface area contributed by atoms with Gasteiger partial charge in [0, 0.05) is 0 Å². The summed E-state index contributed by atoms with van der Waals surface area (Å²) >= 11 is 0. The second-order valence-electron chi connectivity index (χ2n) is 5.27. The molecule has 0 aliphatic carbocycles. The van der Waals surface area contributed by atoms with E-state index in [4.69, 9.17) is 5.73 Å². The van der Waals surface area contributed by atoms with E-state index in [0.717, 1.165) is 12.5 Å². The third-order valence-corrected chi connectivity index (χ3v) is 2.60. The smallest absolute Gasteiger partial charge is 0.00439 e. The summed E-state index contributed by atoms with van der Waals surface area (Å²) in [5.41, 5.74) is 6.12. The SMILES string of the molecule is CC(C)CCC(CN)C(C)(C)C. The van der Waals surface area contributed by atoms with Gasteiger partial charge >= 0.3 is 0 Å². The van der Waals surface area contributed by atoms with Gasteiger partial charge < -0.3 is 5.73 Å². The van der Waals surface area contributed by atoms with E-state index in [9.17, 15) is 0 Å². The molecule has 0 aliphatic heterocycles.